The van der Waals surface area contributed by atoms with Crippen molar-refractivity contribution in [3.63, 3.8) is 0 Å². The minimum Gasteiger partial charge on any atom is -0.496 e. The monoisotopic (exact) mass is 262 g/mol. The first-order valence-corrected chi connectivity index (χ1v) is 6.29. The van der Waals surface area contributed by atoms with E-state index in [0.29, 0.717) is 17.9 Å². The number of nitrogens with one attached hydrogen (secondary N) is 1. The van der Waals surface area contributed by atoms with Crippen LogP contribution in [-0.4, -0.2) is 17.6 Å². The number of hydrogen-bond acceptors (Lipinski definition) is 3. The van der Waals surface area contributed by atoms with E-state index < -0.39 is 0 Å². The van der Waals surface area contributed by atoms with Crippen LogP contribution in [0, 0.1) is 5.92 Å². The Morgan fingerprint density at radius 3 is 2.89 bits per heavy atom. The molecule has 1 aliphatic rings. The number of fused-ring (bicyclic) bond motifs is 1. The molecule has 0 radical (unpaired) electrons. The maximum Gasteiger partial charge on any atom is 0.260 e. The average molecular weight is 262 g/mol. The molecule has 0 saturated heterocycles. The van der Waals surface area contributed by atoms with Crippen molar-refractivity contribution in [2.45, 2.75) is 26.9 Å². The molecule has 0 atom stereocenters. The Kier molecular flexibility index (Phi) is 3.74. The van der Waals surface area contributed by atoms with Gasteiger partial charge in [-0.1, -0.05) is 19.9 Å². The van der Waals surface area contributed by atoms with Gasteiger partial charge in [0.1, 0.15) is 5.75 Å². The van der Waals surface area contributed by atoms with Crippen LogP contribution in [0.4, 0.5) is 0 Å². The fourth-order valence-electron chi connectivity index (χ4n) is 2.01. The summed E-state index contributed by atoms with van der Waals surface area (Å²) in [5.74, 6) is 0.335. The Morgan fingerprint density at radius 2 is 2.26 bits per heavy atom. The first-order valence-electron chi connectivity index (χ1n) is 6.29. The summed E-state index contributed by atoms with van der Waals surface area (Å²) in [6.07, 6.45) is 3.81. The molecule has 1 N–H and O–H groups in total. The number of rotatable bonds is 4. The molecule has 1 aromatic heterocycles. The Bertz CT molecular complexity index is 585. The molecule has 1 aliphatic heterocycles. The third kappa shape index (κ3) is 2.54. The lowest BCUT2D eigenvalue weighted by Gasteiger charge is -2.13. The zero-order valence-corrected chi connectivity index (χ0v) is 11.4. The number of ether oxygens (including phenoxy) is 1. The zero-order valence-electron chi connectivity index (χ0n) is 11.4. The van der Waals surface area contributed by atoms with Gasteiger partial charge in [-0.25, -0.2) is 0 Å². The second-order valence-corrected chi connectivity index (χ2v) is 4.81. The number of carbonyl (C=O) groups excluding carboxylic acids is 1. The average Bonchev–Trinajstić information content (AvgIpc) is 2.85. The van der Waals surface area contributed by atoms with Crippen LogP contribution < -0.4 is 15.6 Å². The number of aromatic nitrogens is 1. The van der Waals surface area contributed by atoms with Gasteiger partial charge in [0.2, 0.25) is 5.91 Å². The molecule has 1 amide bonds. The first-order chi connectivity index (χ1) is 9.04. The van der Waals surface area contributed by atoms with Crippen molar-refractivity contribution in [2.75, 3.05) is 7.11 Å². The molecule has 2 rings (SSSR count). The molecule has 0 aromatic carbocycles. The van der Waals surface area contributed by atoms with Crippen molar-refractivity contribution in [2.24, 2.45) is 5.92 Å². The summed E-state index contributed by atoms with van der Waals surface area (Å²) in [5, 5.41) is 2.75. The number of amides is 1. The summed E-state index contributed by atoms with van der Waals surface area (Å²) in [6, 6.07) is 1.82. The molecular weight excluding hydrogens is 244 g/mol. The van der Waals surface area contributed by atoms with E-state index in [2.05, 4.69) is 5.32 Å². The summed E-state index contributed by atoms with van der Waals surface area (Å²) in [5.41, 5.74) is 1.22. The molecular formula is C14H18N2O3. The molecule has 0 spiro atoms. The second kappa shape index (κ2) is 5.30. The maximum atomic E-state index is 12.3. The van der Waals surface area contributed by atoms with Gasteiger partial charge in [-0.2, -0.15) is 0 Å². The number of nitrogens with zero attached hydrogens (tertiary/aromatic N) is 1. The highest BCUT2D eigenvalue weighted by molar-refractivity contribution is 5.77. The van der Waals surface area contributed by atoms with Crippen molar-refractivity contribution in [3.05, 3.63) is 33.8 Å². The highest BCUT2D eigenvalue weighted by atomic mass is 16.5. The van der Waals surface area contributed by atoms with Gasteiger partial charge in [-0.05, 0) is 6.08 Å². The van der Waals surface area contributed by atoms with Crippen molar-refractivity contribution in [3.8, 4) is 5.75 Å². The largest absolute Gasteiger partial charge is 0.496 e. The van der Waals surface area contributed by atoms with E-state index in [1.54, 1.807) is 4.57 Å². The fourth-order valence-corrected chi connectivity index (χ4v) is 2.01. The molecule has 0 saturated carbocycles. The number of methoxy groups -OCH3 is 1. The van der Waals surface area contributed by atoms with Crippen LogP contribution in [0.15, 0.2) is 16.9 Å². The normalized spacial score (nSPS) is 12.6. The second-order valence-electron chi connectivity index (χ2n) is 4.81. The Labute approximate surface area is 111 Å². The molecule has 1 aromatic rings. The summed E-state index contributed by atoms with van der Waals surface area (Å²) in [7, 11) is 1.53. The molecule has 5 nitrogen and oxygen atoms in total. The van der Waals surface area contributed by atoms with Gasteiger partial charge in [-0.3, -0.25) is 9.59 Å². The van der Waals surface area contributed by atoms with Gasteiger partial charge >= 0.3 is 0 Å². The van der Waals surface area contributed by atoms with Gasteiger partial charge in [-0.15, -0.1) is 0 Å². The number of hydrogen-bond donors (Lipinski definition) is 1. The van der Waals surface area contributed by atoms with Crippen LogP contribution >= 0.6 is 0 Å². The van der Waals surface area contributed by atoms with Crippen molar-refractivity contribution in [1.29, 1.82) is 0 Å². The minimum atomic E-state index is -0.108. The quantitative estimate of drug-likeness (QED) is 0.885. The molecule has 2 heterocycles. The van der Waals surface area contributed by atoms with Crippen LogP contribution in [-0.2, 0) is 17.9 Å². The van der Waals surface area contributed by atoms with Gasteiger partial charge in [0.05, 0.1) is 19.2 Å². The van der Waals surface area contributed by atoms with Gasteiger partial charge in [0, 0.05) is 24.2 Å². The highest BCUT2D eigenvalue weighted by Gasteiger charge is 2.17. The SMILES string of the molecule is COc1cc2n(c(=O)c1CNC(=O)C(C)C)CC=C2. The maximum absolute atomic E-state index is 12.3. The molecule has 0 aliphatic carbocycles. The summed E-state index contributed by atoms with van der Waals surface area (Å²) < 4.78 is 6.91. The summed E-state index contributed by atoms with van der Waals surface area (Å²) >= 11 is 0. The van der Waals surface area contributed by atoms with E-state index in [-0.39, 0.29) is 23.9 Å². The fraction of sp³-hybridized carbons (Fsp3) is 0.429. The molecule has 102 valence electrons. The van der Waals surface area contributed by atoms with Crippen LogP contribution in [0.25, 0.3) is 6.08 Å². The third-order valence-electron chi connectivity index (χ3n) is 3.15. The molecule has 0 fully saturated rings. The Hall–Kier alpha value is -2.04. The van der Waals surface area contributed by atoms with Gasteiger partial charge in [0.15, 0.2) is 0 Å². The first kappa shape index (κ1) is 13.4. The standard InChI is InChI=1S/C14H18N2O3/c1-9(2)13(17)15-8-11-12(19-3)7-10-5-4-6-16(10)14(11)18/h4-5,7,9H,6,8H2,1-3H3,(H,15,17). The highest BCUT2D eigenvalue weighted by Crippen LogP contribution is 2.20. The van der Waals surface area contributed by atoms with E-state index in [1.165, 1.54) is 7.11 Å². The third-order valence-corrected chi connectivity index (χ3v) is 3.15. The van der Waals surface area contributed by atoms with Crippen molar-refractivity contribution >= 4 is 12.0 Å². The van der Waals surface area contributed by atoms with Crippen LogP contribution in [0.1, 0.15) is 25.1 Å². The van der Waals surface area contributed by atoms with Gasteiger partial charge in [0.25, 0.3) is 5.56 Å². The van der Waals surface area contributed by atoms with E-state index in [9.17, 15) is 9.59 Å². The molecule has 0 bridgehead atoms. The van der Waals surface area contributed by atoms with Crippen LogP contribution in [0.3, 0.4) is 0 Å². The Balaban J connectivity index is 2.30. The number of pyridine rings is 1. The zero-order chi connectivity index (χ0) is 14.0. The van der Waals surface area contributed by atoms with E-state index in [0.717, 1.165) is 5.69 Å². The predicted molar refractivity (Wildman–Crippen MR) is 73.0 cm³/mol. The predicted octanol–water partition coefficient (Wildman–Crippen LogP) is 1.16. The van der Waals surface area contributed by atoms with Crippen molar-refractivity contribution in [1.82, 2.24) is 9.88 Å². The van der Waals surface area contributed by atoms with Crippen molar-refractivity contribution < 1.29 is 9.53 Å². The lowest BCUT2D eigenvalue weighted by Crippen LogP contribution is -2.32. The smallest absolute Gasteiger partial charge is 0.260 e. The minimum absolute atomic E-state index is 0.0786. The van der Waals surface area contributed by atoms with Crippen LogP contribution in [0.2, 0.25) is 0 Å². The summed E-state index contributed by atoms with van der Waals surface area (Å²) in [6.45, 7) is 4.39. The van der Waals surface area contributed by atoms with E-state index in [1.807, 2.05) is 32.1 Å². The molecule has 0 unspecified atom stereocenters. The molecule has 5 heteroatoms. The molecule has 19 heavy (non-hydrogen) atoms. The van der Waals surface area contributed by atoms with Gasteiger partial charge < -0.3 is 14.6 Å². The topological polar surface area (TPSA) is 60.3 Å². The van der Waals surface area contributed by atoms with E-state index >= 15 is 0 Å². The number of allylic oxidation sites excluding steroid dienone is 1. The summed E-state index contributed by atoms with van der Waals surface area (Å²) in [4.78, 5) is 23.9. The Morgan fingerprint density at radius 1 is 1.53 bits per heavy atom. The lowest BCUT2D eigenvalue weighted by atomic mass is 10.2. The van der Waals surface area contributed by atoms with E-state index in [4.69, 9.17) is 4.74 Å². The number of carbonyl (C=O) groups is 1. The lowest BCUT2D eigenvalue weighted by molar-refractivity contribution is -0.124. The van der Waals surface area contributed by atoms with Crippen LogP contribution in [0.5, 0.6) is 5.75 Å².